The molecule has 8 atom stereocenters. The predicted molar refractivity (Wildman–Crippen MR) is 234 cm³/mol. The Labute approximate surface area is 361 Å². The molecule has 1 aromatic heterocycles. The maximum Gasteiger partial charge on any atom is 0.309 e. The van der Waals surface area contributed by atoms with E-state index in [0.29, 0.717) is 29.5 Å². The number of likely N-dealkylation sites (N-methyl/N-ethyl adjacent to an activating group) is 1. The number of carboxylic acid groups (broad SMARTS) is 1. The number of carbonyl (C=O) groups excluding carboxylic acids is 3. The second-order valence-electron chi connectivity index (χ2n) is 18.1. The number of thiazole rings is 1. The first kappa shape index (κ1) is 50.7. The molecule has 0 aliphatic carbocycles. The average molecular weight is 861 g/mol. The van der Waals surface area contributed by atoms with Gasteiger partial charge in [-0.2, -0.15) is 0 Å². The number of unbranched alkanes of at least 4 members (excludes halogenated alkanes) is 3. The molecular formula is C45H73FN6O7S. The van der Waals surface area contributed by atoms with Gasteiger partial charge in [-0.3, -0.25) is 29.4 Å². The Morgan fingerprint density at radius 2 is 1.85 bits per heavy atom. The van der Waals surface area contributed by atoms with Gasteiger partial charge in [0, 0.05) is 37.4 Å². The second-order valence-corrected chi connectivity index (χ2v) is 19.0. The molecule has 3 rings (SSSR count). The normalized spacial score (nSPS) is 19.2. The summed E-state index contributed by atoms with van der Waals surface area (Å²) in [6.45, 7) is 18.1. The molecule has 1 aliphatic heterocycles. The largest absolute Gasteiger partial charge is 0.481 e. The van der Waals surface area contributed by atoms with Gasteiger partial charge in [0.15, 0.2) is 6.10 Å². The summed E-state index contributed by atoms with van der Waals surface area (Å²) in [7, 11) is 1.96. The number of aromatic nitrogens is 1. The monoisotopic (exact) mass is 861 g/mol. The number of hydrogen-bond donors (Lipinski definition) is 5. The Hall–Kier alpha value is -3.66. The highest BCUT2D eigenvalue weighted by Crippen LogP contribution is 2.34. The Morgan fingerprint density at radius 1 is 1.15 bits per heavy atom. The number of amides is 2. The van der Waals surface area contributed by atoms with E-state index >= 15 is 0 Å². The molecule has 2 aromatic rings. The number of aliphatic carboxylic acids is 1. The number of carbonyl (C=O) groups is 4. The Kier molecular flexibility index (Phi) is 19.9. The van der Waals surface area contributed by atoms with Crippen LogP contribution in [0, 0.1) is 29.0 Å². The predicted octanol–water partition coefficient (Wildman–Crippen LogP) is 7.25. The fourth-order valence-corrected chi connectivity index (χ4v) is 8.84. The van der Waals surface area contributed by atoms with Gasteiger partial charge in [0.1, 0.15) is 23.1 Å². The van der Waals surface area contributed by atoms with Gasteiger partial charge in [-0.05, 0) is 95.0 Å². The first-order valence-electron chi connectivity index (χ1n) is 21.8. The molecular weight excluding hydrogens is 788 g/mol. The van der Waals surface area contributed by atoms with Crippen LogP contribution in [-0.2, 0) is 30.3 Å². The van der Waals surface area contributed by atoms with E-state index in [1.807, 2.05) is 39.6 Å². The van der Waals surface area contributed by atoms with E-state index in [1.54, 1.807) is 25.3 Å². The van der Waals surface area contributed by atoms with Gasteiger partial charge < -0.3 is 30.9 Å². The third kappa shape index (κ3) is 14.8. The van der Waals surface area contributed by atoms with E-state index in [4.69, 9.17) is 15.5 Å². The molecule has 0 spiro atoms. The first-order chi connectivity index (χ1) is 28.2. The van der Waals surface area contributed by atoms with Gasteiger partial charge >= 0.3 is 11.9 Å². The van der Waals surface area contributed by atoms with Gasteiger partial charge in [-0.15, -0.1) is 11.3 Å². The van der Waals surface area contributed by atoms with Crippen molar-refractivity contribution in [2.24, 2.45) is 23.2 Å². The van der Waals surface area contributed by atoms with Gasteiger partial charge in [0.2, 0.25) is 11.8 Å². The van der Waals surface area contributed by atoms with Crippen LogP contribution in [-0.4, -0.2) is 93.1 Å². The van der Waals surface area contributed by atoms with Crippen LogP contribution >= 0.6 is 11.3 Å². The topological polar surface area (TPSA) is 187 Å². The lowest BCUT2D eigenvalue weighted by molar-refractivity contribution is -0.150. The lowest BCUT2D eigenvalue weighted by atomic mass is 9.84. The quantitative estimate of drug-likeness (QED) is 0.0310. The summed E-state index contributed by atoms with van der Waals surface area (Å²) in [4.78, 5) is 62.3. The molecule has 0 saturated carbocycles. The molecule has 60 heavy (non-hydrogen) atoms. The van der Waals surface area contributed by atoms with Crippen molar-refractivity contribution >= 4 is 40.8 Å². The molecule has 13 nitrogen and oxygen atoms in total. The molecule has 1 aromatic carbocycles. The van der Waals surface area contributed by atoms with E-state index in [2.05, 4.69) is 29.4 Å². The Bertz CT molecular complexity index is 1710. The van der Waals surface area contributed by atoms with Crippen molar-refractivity contribution in [2.45, 2.75) is 163 Å². The number of esters is 1. The van der Waals surface area contributed by atoms with E-state index in [1.165, 1.54) is 30.4 Å². The number of hydrogen-bond acceptors (Lipinski definition) is 11. The molecule has 0 radical (unpaired) electrons. The number of aliphatic hydroxyl groups excluding tert-OH is 1. The summed E-state index contributed by atoms with van der Waals surface area (Å²) in [6.07, 6.45) is 4.52. The summed E-state index contributed by atoms with van der Waals surface area (Å²) >= 11 is 1.21. The summed E-state index contributed by atoms with van der Waals surface area (Å²) in [5.41, 5.74) is 5.31. The van der Waals surface area contributed by atoms with Crippen molar-refractivity contribution in [2.75, 3.05) is 25.9 Å². The van der Waals surface area contributed by atoms with Crippen LogP contribution in [0.4, 0.5) is 10.1 Å². The van der Waals surface area contributed by atoms with Gasteiger partial charge in [0.05, 0.1) is 22.8 Å². The SMILES string of the molecule is CCCCCCN(C(=O)[C@@H](NC(=O)[C@H]1C[C@H](C)CCN1C)[C@@H](C)CC)[C@H](C[C@@H](OC(C)=O)c1nc(C(O)N[C@@H](Cc2ccc(N)c(F)c2)CC(C)(C)C(=O)O)cs1)C(C)C. The van der Waals surface area contributed by atoms with Crippen LogP contribution in [0.1, 0.15) is 149 Å². The highest BCUT2D eigenvalue weighted by atomic mass is 32.1. The zero-order valence-electron chi connectivity index (χ0n) is 37.6. The number of carboxylic acids is 1. The minimum Gasteiger partial charge on any atom is -0.481 e. The van der Waals surface area contributed by atoms with Crippen LogP contribution in [0.5, 0.6) is 0 Å². The first-order valence-corrected chi connectivity index (χ1v) is 22.7. The number of benzene rings is 1. The Morgan fingerprint density at radius 3 is 2.45 bits per heavy atom. The number of rotatable bonds is 24. The van der Waals surface area contributed by atoms with Crippen LogP contribution in [0.25, 0.3) is 0 Å². The number of nitrogens with zero attached hydrogens (tertiary/aromatic N) is 3. The smallest absolute Gasteiger partial charge is 0.309 e. The third-order valence-corrected chi connectivity index (χ3v) is 13.0. The molecule has 6 N–H and O–H groups in total. The van der Waals surface area contributed by atoms with Gasteiger partial charge in [0.25, 0.3) is 0 Å². The zero-order valence-corrected chi connectivity index (χ0v) is 38.4. The molecule has 338 valence electrons. The molecule has 1 saturated heterocycles. The van der Waals surface area contributed by atoms with Crippen molar-refractivity contribution in [3.05, 3.63) is 45.7 Å². The van der Waals surface area contributed by atoms with E-state index in [0.717, 1.165) is 45.1 Å². The lowest BCUT2D eigenvalue weighted by Gasteiger charge is -2.40. The van der Waals surface area contributed by atoms with Crippen LogP contribution in [0.15, 0.2) is 23.6 Å². The highest BCUT2D eigenvalue weighted by Gasteiger charge is 2.39. The summed E-state index contributed by atoms with van der Waals surface area (Å²) in [5, 5.41) is 29.8. The number of nitrogens with one attached hydrogen (secondary N) is 2. The zero-order chi connectivity index (χ0) is 44.9. The standard InChI is InChI=1S/C45H73FN6O7S/c1-11-13-14-15-19-52(43(56)39(29(6)12-2)50-41(55)37-21-28(5)18-20-51(37)10)36(27(3)4)24-38(59-30(7)53)42-49-35(26-60-42)40(54)48-32(25-45(8,9)44(57)58)22-31-16-17-34(47)33(46)23-31/h16-17,23,26-29,32,36-40,48,54H,11-15,18-22,24-25,47H2,1-10H3,(H,50,55)(H,57,58)/t28-,29+,32+,36-,37-,38-,39+,40?/m1/s1. The summed E-state index contributed by atoms with van der Waals surface area (Å²) in [6, 6.07) is 2.34. The molecule has 0 bridgehead atoms. The van der Waals surface area contributed by atoms with Crippen LogP contribution < -0.4 is 16.4 Å². The number of ether oxygens (including phenoxy) is 1. The average Bonchev–Trinajstić information content (AvgIpc) is 3.68. The maximum absolute atomic E-state index is 14.9. The number of anilines is 1. The summed E-state index contributed by atoms with van der Waals surface area (Å²) in [5.74, 6) is -2.23. The molecule has 1 unspecified atom stereocenters. The van der Waals surface area contributed by atoms with E-state index in [-0.39, 0.29) is 60.3 Å². The van der Waals surface area contributed by atoms with Crippen LogP contribution in [0.2, 0.25) is 0 Å². The number of nitrogens with two attached hydrogens (primary N) is 1. The minimum atomic E-state index is -1.34. The molecule has 2 heterocycles. The van der Waals surface area contributed by atoms with Crippen LogP contribution in [0.3, 0.4) is 0 Å². The van der Waals surface area contributed by atoms with E-state index < -0.39 is 53.6 Å². The fraction of sp³-hybridized carbons (Fsp3) is 0.711. The van der Waals surface area contributed by atoms with Crippen molar-refractivity contribution in [1.82, 2.24) is 25.4 Å². The lowest BCUT2D eigenvalue weighted by Crippen LogP contribution is -2.59. The van der Waals surface area contributed by atoms with Crippen molar-refractivity contribution in [3.8, 4) is 0 Å². The maximum atomic E-state index is 14.9. The molecule has 15 heteroatoms. The van der Waals surface area contributed by atoms with E-state index in [9.17, 15) is 33.8 Å². The Balaban J connectivity index is 1.95. The van der Waals surface area contributed by atoms with Gasteiger partial charge in [-0.1, -0.05) is 73.3 Å². The highest BCUT2D eigenvalue weighted by molar-refractivity contribution is 7.09. The van der Waals surface area contributed by atoms with Gasteiger partial charge in [-0.25, -0.2) is 9.37 Å². The molecule has 1 fully saturated rings. The van der Waals surface area contributed by atoms with Crippen molar-refractivity contribution in [1.29, 1.82) is 0 Å². The van der Waals surface area contributed by atoms with Crippen molar-refractivity contribution in [3.63, 3.8) is 0 Å². The number of aliphatic hydroxyl groups is 1. The third-order valence-electron chi connectivity index (χ3n) is 12.1. The number of nitrogen functional groups attached to an aromatic ring is 1. The number of halogens is 1. The molecule has 2 amide bonds. The number of likely N-dealkylation sites (tertiary alicyclic amines) is 1. The minimum absolute atomic E-state index is 0.00494. The fourth-order valence-electron chi connectivity index (χ4n) is 7.96. The second kappa shape index (κ2) is 23.5. The number of piperidine rings is 1. The summed E-state index contributed by atoms with van der Waals surface area (Å²) < 4.78 is 20.3. The van der Waals surface area contributed by atoms with Crippen molar-refractivity contribution < 1.29 is 38.5 Å². The molecule has 1 aliphatic rings.